The summed E-state index contributed by atoms with van der Waals surface area (Å²) in [6.45, 7) is 2.59. The standard InChI is InChI=1S/C16H21NO4/c1-3-21-16(19)9-6-12-17-15(18)11-10-13-7-4-5-8-14(13)20-2/h4-5,7-8,10-11H,3,6,9,12H2,1-2H3,(H,17,18)/b11-10+. The van der Waals surface area contributed by atoms with E-state index in [1.54, 1.807) is 20.1 Å². The van der Waals surface area contributed by atoms with Crippen LogP contribution in [0.2, 0.25) is 0 Å². The number of para-hydroxylation sites is 1. The Labute approximate surface area is 124 Å². The van der Waals surface area contributed by atoms with Crippen molar-refractivity contribution in [2.24, 2.45) is 0 Å². The van der Waals surface area contributed by atoms with Crippen LogP contribution in [0.5, 0.6) is 5.75 Å². The zero-order chi connectivity index (χ0) is 15.5. The van der Waals surface area contributed by atoms with Crippen molar-refractivity contribution in [3.05, 3.63) is 35.9 Å². The SMILES string of the molecule is CCOC(=O)CCCNC(=O)/C=C/c1ccccc1OC. The monoisotopic (exact) mass is 291 g/mol. The molecule has 0 unspecified atom stereocenters. The third kappa shape index (κ3) is 6.61. The molecule has 0 bridgehead atoms. The lowest BCUT2D eigenvalue weighted by molar-refractivity contribution is -0.143. The summed E-state index contributed by atoms with van der Waals surface area (Å²) in [7, 11) is 1.59. The number of ether oxygens (including phenoxy) is 2. The van der Waals surface area contributed by atoms with Crippen LogP contribution in [0.15, 0.2) is 30.3 Å². The largest absolute Gasteiger partial charge is 0.496 e. The Morgan fingerprint density at radius 3 is 2.76 bits per heavy atom. The van der Waals surface area contributed by atoms with Gasteiger partial charge in [0.05, 0.1) is 13.7 Å². The van der Waals surface area contributed by atoms with E-state index in [0.717, 1.165) is 5.56 Å². The molecule has 0 saturated heterocycles. The maximum absolute atomic E-state index is 11.6. The third-order valence-electron chi connectivity index (χ3n) is 2.72. The number of methoxy groups -OCH3 is 1. The highest BCUT2D eigenvalue weighted by Gasteiger charge is 2.02. The topological polar surface area (TPSA) is 64.6 Å². The zero-order valence-electron chi connectivity index (χ0n) is 12.4. The highest BCUT2D eigenvalue weighted by atomic mass is 16.5. The van der Waals surface area contributed by atoms with E-state index in [1.807, 2.05) is 24.3 Å². The molecule has 1 amide bonds. The fourth-order valence-electron chi connectivity index (χ4n) is 1.71. The second-order valence-corrected chi connectivity index (χ2v) is 4.27. The molecule has 0 aliphatic rings. The fourth-order valence-corrected chi connectivity index (χ4v) is 1.71. The minimum Gasteiger partial charge on any atom is -0.496 e. The molecule has 0 atom stereocenters. The van der Waals surface area contributed by atoms with Crippen molar-refractivity contribution < 1.29 is 19.1 Å². The molecule has 0 heterocycles. The van der Waals surface area contributed by atoms with Gasteiger partial charge in [0.2, 0.25) is 5.91 Å². The normalized spacial score (nSPS) is 10.4. The molecule has 0 aromatic heterocycles. The number of rotatable bonds is 8. The molecule has 0 aliphatic carbocycles. The van der Waals surface area contributed by atoms with Crippen molar-refractivity contribution in [1.29, 1.82) is 0 Å². The smallest absolute Gasteiger partial charge is 0.305 e. The van der Waals surface area contributed by atoms with E-state index in [4.69, 9.17) is 9.47 Å². The van der Waals surface area contributed by atoms with Gasteiger partial charge in [-0.3, -0.25) is 9.59 Å². The molecule has 0 aliphatic heterocycles. The summed E-state index contributed by atoms with van der Waals surface area (Å²) in [5.74, 6) is 0.268. The Bertz CT molecular complexity index is 497. The van der Waals surface area contributed by atoms with Gasteiger partial charge in [0.15, 0.2) is 0 Å². The first-order chi connectivity index (χ1) is 10.2. The van der Waals surface area contributed by atoms with Crippen molar-refractivity contribution in [1.82, 2.24) is 5.32 Å². The predicted octanol–water partition coefficient (Wildman–Crippen LogP) is 2.17. The van der Waals surface area contributed by atoms with Crippen LogP contribution in [0.25, 0.3) is 6.08 Å². The van der Waals surface area contributed by atoms with E-state index in [0.29, 0.717) is 31.7 Å². The first kappa shape index (κ1) is 16.8. The first-order valence-corrected chi connectivity index (χ1v) is 6.92. The van der Waals surface area contributed by atoms with Crippen LogP contribution in [0.3, 0.4) is 0 Å². The minimum absolute atomic E-state index is 0.204. The maximum Gasteiger partial charge on any atom is 0.305 e. The number of hydrogen-bond acceptors (Lipinski definition) is 4. The maximum atomic E-state index is 11.6. The summed E-state index contributed by atoms with van der Waals surface area (Å²) in [4.78, 5) is 22.7. The lowest BCUT2D eigenvalue weighted by Crippen LogP contribution is -2.22. The molecule has 5 heteroatoms. The van der Waals surface area contributed by atoms with Gasteiger partial charge < -0.3 is 14.8 Å². The molecule has 1 N–H and O–H groups in total. The zero-order valence-corrected chi connectivity index (χ0v) is 12.4. The molecule has 5 nitrogen and oxygen atoms in total. The van der Waals surface area contributed by atoms with Gasteiger partial charge in [-0.2, -0.15) is 0 Å². The molecule has 1 rings (SSSR count). The van der Waals surface area contributed by atoms with Crippen molar-refractivity contribution >= 4 is 18.0 Å². The van der Waals surface area contributed by atoms with Crippen LogP contribution in [0.4, 0.5) is 0 Å². The summed E-state index contributed by atoms with van der Waals surface area (Å²) in [6, 6.07) is 7.44. The van der Waals surface area contributed by atoms with Gasteiger partial charge in [0, 0.05) is 24.6 Å². The lowest BCUT2D eigenvalue weighted by Gasteiger charge is -2.04. The summed E-state index contributed by atoms with van der Waals surface area (Å²) in [6.07, 6.45) is 4.01. The Morgan fingerprint density at radius 1 is 1.29 bits per heavy atom. The Morgan fingerprint density at radius 2 is 2.05 bits per heavy atom. The van der Waals surface area contributed by atoms with Gasteiger partial charge in [0.1, 0.15) is 5.75 Å². The van der Waals surface area contributed by atoms with Gasteiger partial charge in [-0.05, 0) is 25.5 Å². The molecule has 0 fully saturated rings. The summed E-state index contributed by atoms with van der Waals surface area (Å²) in [5.41, 5.74) is 0.835. The van der Waals surface area contributed by atoms with Crippen LogP contribution < -0.4 is 10.1 Å². The summed E-state index contributed by atoms with van der Waals surface area (Å²) >= 11 is 0. The average Bonchev–Trinajstić information content (AvgIpc) is 2.50. The Balaban J connectivity index is 2.33. The number of esters is 1. The highest BCUT2D eigenvalue weighted by Crippen LogP contribution is 2.18. The number of benzene rings is 1. The predicted molar refractivity (Wildman–Crippen MR) is 80.9 cm³/mol. The minimum atomic E-state index is -0.240. The second-order valence-electron chi connectivity index (χ2n) is 4.27. The molecular formula is C16H21NO4. The molecular weight excluding hydrogens is 270 g/mol. The van der Waals surface area contributed by atoms with E-state index < -0.39 is 0 Å². The van der Waals surface area contributed by atoms with Gasteiger partial charge in [-0.1, -0.05) is 18.2 Å². The molecule has 0 radical (unpaired) electrons. The van der Waals surface area contributed by atoms with Crippen LogP contribution in [0, 0.1) is 0 Å². The number of carbonyl (C=O) groups excluding carboxylic acids is 2. The van der Waals surface area contributed by atoms with E-state index in [1.165, 1.54) is 6.08 Å². The van der Waals surface area contributed by atoms with Crippen LogP contribution in [-0.4, -0.2) is 32.1 Å². The van der Waals surface area contributed by atoms with Crippen molar-refractivity contribution in [3.8, 4) is 5.75 Å². The molecule has 0 saturated carbocycles. The van der Waals surface area contributed by atoms with Crippen LogP contribution in [0.1, 0.15) is 25.3 Å². The number of nitrogens with one attached hydrogen (secondary N) is 1. The number of amides is 1. The molecule has 1 aromatic rings. The first-order valence-electron chi connectivity index (χ1n) is 6.92. The van der Waals surface area contributed by atoms with Gasteiger partial charge in [0.25, 0.3) is 0 Å². The Hall–Kier alpha value is -2.30. The Kier molecular flexibility index (Phi) is 7.64. The number of hydrogen-bond donors (Lipinski definition) is 1. The quantitative estimate of drug-likeness (QED) is 0.453. The van der Waals surface area contributed by atoms with Crippen molar-refractivity contribution in [2.75, 3.05) is 20.3 Å². The molecule has 21 heavy (non-hydrogen) atoms. The van der Waals surface area contributed by atoms with E-state index in [-0.39, 0.29) is 11.9 Å². The van der Waals surface area contributed by atoms with Gasteiger partial charge in [-0.25, -0.2) is 0 Å². The fraction of sp³-hybridized carbons (Fsp3) is 0.375. The number of carbonyl (C=O) groups is 2. The van der Waals surface area contributed by atoms with E-state index in [2.05, 4.69) is 5.32 Å². The van der Waals surface area contributed by atoms with Gasteiger partial charge >= 0.3 is 5.97 Å². The molecule has 1 aromatic carbocycles. The van der Waals surface area contributed by atoms with E-state index in [9.17, 15) is 9.59 Å². The van der Waals surface area contributed by atoms with Gasteiger partial charge in [-0.15, -0.1) is 0 Å². The van der Waals surface area contributed by atoms with Crippen molar-refractivity contribution in [2.45, 2.75) is 19.8 Å². The third-order valence-corrected chi connectivity index (χ3v) is 2.72. The highest BCUT2D eigenvalue weighted by molar-refractivity contribution is 5.92. The summed E-state index contributed by atoms with van der Waals surface area (Å²) < 4.78 is 9.99. The van der Waals surface area contributed by atoms with Crippen LogP contribution >= 0.6 is 0 Å². The van der Waals surface area contributed by atoms with E-state index >= 15 is 0 Å². The molecule has 0 spiro atoms. The lowest BCUT2D eigenvalue weighted by atomic mass is 10.2. The van der Waals surface area contributed by atoms with Crippen LogP contribution in [-0.2, 0) is 14.3 Å². The molecule has 114 valence electrons. The second kappa shape index (κ2) is 9.58. The summed E-state index contributed by atoms with van der Waals surface area (Å²) in [5, 5.41) is 2.71. The average molecular weight is 291 g/mol. The van der Waals surface area contributed by atoms with Crippen molar-refractivity contribution in [3.63, 3.8) is 0 Å².